The number of urea groups is 1. The molecule has 1 fully saturated rings. The van der Waals surface area contributed by atoms with Crippen molar-refractivity contribution in [1.29, 1.82) is 5.26 Å². The van der Waals surface area contributed by atoms with Crippen LogP contribution in [0.3, 0.4) is 0 Å². The van der Waals surface area contributed by atoms with Crippen LogP contribution >= 0.6 is 0 Å². The lowest BCUT2D eigenvalue weighted by Gasteiger charge is -2.14. The van der Waals surface area contributed by atoms with Crippen LogP contribution in [0.25, 0.3) is 0 Å². The van der Waals surface area contributed by atoms with Crippen LogP contribution in [-0.2, 0) is 0 Å². The van der Waals surface area contributed by atoms with Crippen LogP contribution in [-0.4, -0.2) is 41.0 Å². The smallest absolute Gasteiger partial charge is 0.329 e. The van der Waals surface area contributed by atoms with E-state index in [0.717, 1.165) is 4.90 Å². The van der Waals surface area contributed by atoms with Gasteiger partial charge in [-0.05, 0) is 6.92 Å². The summed E-state index contributed by atoms with van der Waals surface area (Å²) in [7, 11) is 1.56. The number of aliphatic hydroxyl groups is 1. The summed E-state index contributed by atoms with van der Waals surface area (Å²) in [6.07, 6.45) is -1.02. The lowest BCUT2D eigenvalue weighted by Crippen LogP contribution is -2.34. The largest absolute Gasteiger partial charge is 0.371 e. The Labute approximate surface area is 91.4 Å². The molecule has 1 aliphatic rings. The molecule has 1 saturated heterocycles. The fourth-order valence-electron chi connectivity index (χ4n) is 1.59. The van der Waals surface area contributed by atoms with Crippen molar-refractivity contribution in [2.75, 3.05) is 18.5 Å². The van der Waals surface area contributed by atoms with Gasteiger partial charge in [-0.2, -0.15) is 5.26 Å². The molecule has 84 valence electrons. The summed E-state index contributed by atoms with van der Waals surface area (Å²) in [5.74, 6) is 0.00171. The molecule has 2 amide bonds. The van der Waals surface area contributed by atoms with E-state index < -0.39 is 12.3 Å². The second kappa shape index (κ2) is 3.50. The van der Waals surface area contributed by atoms with E-state index in [-0.39, 0.29) is 18.0 Å². The molecule has 1 N–H and O–H groups in total. The number of likely N-dealkylation sites (N-methyl/N-ethyl adjacent to an activating group) is 1. The van der Waals surface area contributed by atoms with Crippen LogP contribution in [0.4, 0.5) is 10.7 Å². The van der Waals surface area contributed by atoms with E-state index in [9.17, 15) is 9.90 Å². The van der Waals surface area contributed by atoms with Gasteiger partial charge in [-0.1, -0.05) is 5.16 Å². The van der Waals surface area contributed by atoms with Crippen LogP contribution in [0.1, 0.15) is 11.3 Å². The third-order valence-corrected chi connectivity index (χ3v) is 2.44. The van der Waals surface area contributed by atoms with Gasteiger partial charge in [0.15, 0.2) is 6.23 Å². The van der Waals surface area contributed by atoms with Crippen molar-refractivity contribution >= 4 is 11.9 Å². The zero-order chi connectivity index (χ0) is 11.9. The molecule has 7 nitrogen and oxygen atoms in total. The summed E-state index contributed by atoms with van der Waals surface area (Å²) in [6.45, 7) is 1.77. The maximum atomic E-state index is 11.7. The lowest BCUT2D eigenvalue weighted by molar-refractivity contribution is 0.179. The summed E-state index contributed by atoms with van der Waals surface area (Å²) in [4.78, 5) is 14.1. The van der Waals surface area contributed by atoms with Crippen LogP contribution in [0.2, 0.25) is 0 Å². The van der Waals surface area contributed by atoms with Crippen LogP contribution in [0.15, 0.2) is 4.52 Å². The van der Waals surface area contributed by atoms with Gasteiger partial charge in [0.25, 0.3) is 5.88 Å². The van der Waals surface area contributed by atoms with E-state index in [1.165, 1.54) is 4.90 Å². The van der Waals surface area contributed by atoms with Crippen LogP contribution < -0.4 is 4.90 Å². The third-order valence-electron chi connectivity index (χ3n) is 2.44. The quantitative estimate of drug-likeness (QED) is 0.724. The number of anilines is 1. The van der Waals surface area contributed by atoms with E-state index in [1.807, 2.05) is 6.07 Å². The minimum Gasteiger partial charge on any atom is -0.371 e. The molecule has 2 rings (SSSR count). The second-order valence-corrected chi connectivity index (χ2v) is 3.57. The van der Waals surface area contributed by atoms with Gasteiger partial charge in [0.1, 0.15) is 17.3 Å². The molecule has 1 aromatic heterocycles. The molecule has 1 aliphatic heterocycles. The Kier molecular flexibility index (Phi) is 2.29. The van der Waals surface area contributed by atoms with Crippen molar-refractivity contribution in [2.45, 2.75) is 13.2 Å². The van der Waals surface area contributed by atoms with Crippen LogP contribution in [0, 0.1) is 18.3 Å². The standard InChI is InChI=1S/C9H10N4O3/c1-5-6(3-10)8(16-11-5)13-7(14)4-12(2)9(13)15/h7,14H,4H2,1-2H3. The highest BCUT2D eigenvalue weighted by atomic mass is 16.5. The number of β-amino-alcohol motifs (C(OH)–C–C–N with tert-alkyl or cyclic N) is 1. The Hall–Kier alpha value is -2.07. The average molecular weight is 222 g/mol. The van der Waals surface area contributed by atoms with Crippen molar-refractivity contribution < 1.29 is 14.4 Å². The zero-order valence-corrected chi connectivity index (χ0v) is 8.84. The SMILES string of the molecule is Cc1noc(N2C(=O)N(C)CC2O)c1C#N. The Morgan fingerprint density at radius 1 is 1.69 bits per heavy atom. The number of nitrogens with zero attached hydrogens (tertiary/aromatic N) is 4. The van der Waals surface area contributed by atoms with E-state index in [1.54, 1.807) is 14.0 Å². The molecular weight excluding hydrogens is 212 g/mol. The number of aliphatic hydroxyl groups excluding tert-OH is 1. The molecular formula is C9H10N4O3. The van der Waals surface area contributed by atoms with Gasteiger partial charge in [0.2, 0.25) is 0 Å². The van der Waals surface area contributed by atoms with Gasteiger partial charge in [-0.25, -0.2) is 9.69 Å². The Bertz CT molecular complexity index is 476. The van der Waals surface area contributed by atoms with Gasteiger partial charge < -0.3 is 14.5 Å². The summed E-state index contributed by atoms with van der Waals surface area (Å²) >= 11 is 0. The van der Waals surface area contributed by atoms with Crippen molar-refractivity contribution in [1.82, 2.24) is 10.1 Å². The fourth-order valence-corrected chi connectivity index (χ4v) is 1.59. The molecule has 1 atom stereocenters. The van der Waals surface area contributed by atoms with Crippen molar-refractivity contribution in [3.8, 4) is 6.07 Å². The topological polar surface area (TPSA) is 93.6 Å². The predicted octanol–water partition coefficient (Wildman–Crippen LogP) is 0.0449. The first-order chi connectivity index (χ1) is 7.56. The summed E-state index contributed by atoms with van der Waals surface area (Å²) < 4.78 is 4.91. The number of rotatable bonds is 1. The maximum absolute atomic E-state index is 11.7. The molecule has 7 heteroatoms. The first-order valence-electron chi connectivity index (χ1n) is 4.65. The number of hydrogen-bond acceptors (Lipinski definition) is 5. The Balaban J connectivity index is 2.45. The summed E-state index contributed by atoms with van der Waals surface area (Å²) in [5.41, 5.74) is 0.565. The van der Waals surface area contributed by atoms with Gasteiger partial charge in [0.05, 0.1) is 6.54 Å². The maximum Gasteiger partial charge on any atom is 0.329 e. The lowest BCUT2D eigenvalue weighted by atomic mass is 10.2. The molecule has 0 aromatic carbocycles. The highest BCUT2D eigenvalue weighted by Crippen LogP contribution is 2.28. The summed E-state index contributed by atoms with van der Waals surface area (Å²) in [5, 5.41) is 22.2. The molecule has 1 unspecified atom stereocenters. The second-order valence-electron chi connectivity index (χ2n) is 3.57. The number of aryl methyl sites for hydroxylation is 1. The first kappa shape index (κ1) is 10.4. The number of hydrogen-bond donors (Lipinski definition) is 1. The van der Waals surface area contributed by atoms with E-state index in [0.29, 0.717) is 5.69 Å². The monoisotopic (exact) mass is 222 g/mol. The molecule has 0 radical (unpaired) electrons. The highest BCUT2D eigenvalue weighted by molar-refractivity contribution is 5.94. The third kappa shape index (κ3) is 1.31. The van der Waals surface area contributed by atoms with Crippen LogP contribution in [0.5, 0.6) is 0 Å². The molecule has 0 spiro atoms. The molecule has 16 heavy (non-hydrogen) atoms. The number of amides is 2. The van der Waals surface area contributed by atoms with Crippen molar-refractivity contribution in [3.05, 3.63) is 11.3 Å². The normalized spacial score (nSPS) is 20.4. The van der Waals surface area contributed by atoms with Gasteiger partial charge in [-0.3, -0.25) is 0 Å². The Morgan fingerprint density at radius 2 is 2.38 bits per heavy atom. The van der Waals surface area contributed by atoms with Gasteiger partial charge in [0, 0.05) is 7.05 Å². The van der Waals surface area contributed by atoms with Gasteiger partial charge in [-0.15, -0.1) is 0 Å². The van der Waals surface area contributed by atoms with E-state index >= 15 is 0 Å². The minimum absolute atomic E-state index is 0.00171. The first-order valence-corrected chi connectivity index (χ1v) is 4.65. The predicted molar refractivity (Wildman–Crippen MR) is 52.5 cm³/mol. The number of aromatic nitrogens is 1. The van der Waals surface area contributed by atoms with E-state index in [2.05, 4.69) is 5.16 Å². The summed E-state index contributed by atoms with van der Waals surface area (Å²) in [6, 6.07) is 1.48. The molecule has 0 bridgehead atoms. The molecule has 0 saturated carbocycles. The van der Waals surface area contributed by atoms with Crippen molar-refractivity contribution in [2.24, 2.45) is 0 Å². The van der Waals surface area contributed by atoms with Crippen molar-refractivity contribution in [3.63, 3.8) is 0 Å². The fraction of sp³-hybridized carbons (Fsp3) is 0.444. The molecule has 1 aromatic rings. The Morgan fingerprint density at radius 3 is 2.88 bits per heavy atom. The number of nitriles is 1. The molecule has 0 aliphatic carbocycles. The van der Waals surface area contributed by atoms with Gasteiger partial charge >= 0.3 is 6.03 Å². The number of carbonyl (C=O) groups is 1. The number of carbonyl (C=O) groups excluding carboxylic acids is 1. The molecule has 2 heterocycles. The zero-order valence-electron chi connectivity index (χ0n) is 8.84. The highest BCUT2D eigenvalue weighted by Gasteiger charge is 2.39. The van der Waals surface area contributed by atoms with E-state index in [4.69, 9.17) is 9.78 Å². The average Bonchev–Trinajstić information content (AvgIpc) is 2.70. The minimum atomic E-state index is -1.02.